The third-order valence-corrected chi connectivity index (χ3v) is 4.78. The van der Waals surface area contributed by atoms with E-state index in [1.807, 2.05) is 0 Å². The zero-order chi connectivity index (χ0) is 14.0. The molecule has 0 amide bonds. The van der Waals surface area contributed by atoms with Crippen LogP contribution in [-0.4, -0.2) is 21.0 Å². The Labute approximate surface area is 111 Å². The van der Waals surface area contributed by atoms with Crippen LogP contribution in [0.25, 0.3) is 0 Å². The van der Waals surface area contributed by atoms with Crippen LogP contribution in [-0.2, 0) is 10.0 Å². The van der Waals surface area contributed by atoms with Gasteiger partial charge in [0.15, 0.2) is 0 Å². The fourth-order valence-electron chi connectivity index (χ4n) is 2.30. The van der Waals surface area contributed by atoms with Crippen molar-refractivity contribution in [3.05, 3.63) is 29.8 Å². The van der Waals surface area contributed by atoms with Crippen LogP contribution in [0, 0.1) is 17.6 Å². The smallest absolute Gasteiger partial charge is 0.243 e. The molecule has 106 valence electrons. The summed E-state index contributed by atoms with van der Waals surface area (Å²) in [6.45, 7) is 0.229. The summed E-state index contributed by atoms with van der Waals surface area (Å²) in [6, 6.07) is 2.51. The molecule has 7 heteroatoms. The Morgan fingerprint density at radius 1 is 1.32 bits per heavy atom. The van der Waals surface area contributed by atoms with Crippen LogP contribution < -0.4 is 10.5 Å². The molecule has 0 aromatic heterocycles. The number of halogens is 2. The Morgan fingerprint density at radius 3 is 2.63 bits per heavy atom. The highest BCUT2D eigenvalue weighted by Gasteiger charge is 2.25. The summed E-state index contributed by atoms with van der Waals surface area (Å²) in [5.41, 5.74) is 5.74. The van der Waals surface area contributed by atoms with Gasteiger partial charge in [0.05, 0.1) is 0 Å². The van der Waals surface area contributed by atoms with E-state index in [1.165, 1.54) is 0 Å². The van der Waals surface area contributed by atoms with E-state index in [-0.39, 0.29) is 18.5 Å². The summed E-state index contributed by atoms with van der Waals surface area (Å²) in [5.74, 6) is -1.72. The molecule has 1 aliphatic carbocycles. The number of hydrogen-bond donors (Lipinski definition) is 2. The fraction of sp³-hybridized carbons (Fsp3) is 0.500. The van der Waals surface area contributed by atoms with Gasteiger partial charge in [-0.25, -0.2) is 21.9 Å². The Morgan fingerprint density at radius 2 is 2.05 bits per heavy atom. The van der Waals surface area contributed by atoms with Gasteiger partial charge in [0.25, 0.3) is 0 Å². The lowest BCUT2D eigenvalue weighted by molar-refractivity contribution is 0.506. The topological polar surface area (TPSA) is 72.2 Å². The van der Waals surface area contributed by atoms with Crippen molar-refractivity contribution in [2.75, 3.05) is 6.54 Å². The predicted octanol–water partition coefficient (Wildman–Crippen LogP) is 1.37. The number of sulfonamides is 1. The Balaban J connectivity index is 2.06. The zero-order valence-electron chi connectivity index (χ0n) is 10.3. The number of nitrogens with one attached hydrogen (secondary N) is 1. The molecule has 1 saturated carbocycles. The first-order chi connectivity index (χ1) is 8.88. The van der Waals surface area contributed by atoms with Gasteiger partial charge in [-0.05, 0) is 37.3 Å². The second-order valence-corrected chi connectivity index (χ2v) is 6.60. The monoisotopic (exact) mass is 290 g/mol. The van der Waals surface area contributed by atoms with E-state index in [0.717, 1.165) is 31.4 Å². The lowest BCUT2D eigenvalue weighted by Gasteiger charge is -2.12. The molecule has 19 heavy (non-hydrogen) atoms. The van der Waals surface area contributed by atoms with Gasteiger partial charge in [0.1, 0.15) is 16.5 Å². The van der Waals surface area contributed by atoms with Gasteiger partial charge in [0.2, 0.25) is 10.0 Å². The number of nitrogens with two attached hydrogens (primary N) is 1. The molecule has 1 aliphatic rings. The molecule has 0 spiro atoms. The lowest BCUT2D eigenvalue weighted by Crippen LogP contribution is -2.30. The van der Waals surface area contributed by atoms with Crippen molar-refractivity contribution in [1.82, 2.24) is 4.72 Å². The molecule has 0 bridgehead atoms. The number of benzene rings is 1. The van der Waals surface area contributed by atoms with Crippen LogP contribution in [0.5, 0.6) is 0 Å². The van der Waals surface area contributed by atoms with Gasteiger partial charge in [-0.1, -0.05) is 0 Å². The summed E-state index contributed by atoms with van der Waals surface area (Å²) in [4.78, 5) is -0.531. The van der Waals surface area contributed by atoms with Gasteiger partial charge in [-0.15, -0.1) is 0 Å². The van der Waals surface area contributed by atoms with Crippen LogP contribution in [0.4, 0.5) is 8.78 Å². The maximum Gasteiger partial charge on any atom is 0.243 e. The molecule has 2 rings (SSSR count). The normalized spacial score (nSPS) is 23.7. The van der Waals surface area contributed by atoms with Gasteiger partial charge in [0, 0.05) is 18.7 Å². The Hall–Kier alpha value is -1.05. The third kappa shape index (κ3) is 3.49. The van der Waals surface area contributed by atoms with E-state index in [4.69, 9.17) is 5.73 Å². The molecular weight excluding hydrogens is 274 g/mol. The van der Waals surface area contributed by atoms with Crippen molar-refractivity contribution in [3.8, 4) is 0 Å². The molecule has 3 N–H and O–H groups in total. The maximum atomic E-state index is 13.4. The molecule has 0 radical (unpaired) electrons. The fourth-order valence-corrected chi connectivity index (χ4v) is 3.47. The average Bonchev–Trinajstić information content (AvgIpc) is 2.72. The second kappa shape index (κ2) is 5.52. The first-order valence-corrected chi connectivity index (χ1v) is 7.57. The predicted molar refractivity (Wildman–Crippen MR) is 66.9 cm³/mol. The van der Waals surface area contributed by atoms with E-state index in [0.29, 0.717) is 6.07 Å². The van der Waals surface area contributed by atoms with Crippen LogP contribution in [0.1, 0.15) is 19.3 Å². The number of hydrogen-bond acceptors (Lipinski definition) is 3. The highest BCUT2D eigenvalue weighted by Crippen LogP contribution is 2.24. The van der Waals surface area contributed by atoms with Crippen molar-refractivity contribution in [3.63, 3.8) is 0 Å². The van der Waals surface area contributed by atoms with Gasteiger partial charge < -0.3 is 5.73 Å². The SMILES string of the molecule is NC1CCC(CNS(=O)(=O)c2ccc(F)cc2F)C1. The molecule has 1 aromatic carbocycles. The zero-order valence-corrected chi connectivity index (χ0v) is 11.1. The molecular formula is C12H16F2N2O2S. The molecule has 0 aliphatic heterocycles. The van der Waals surface area contributed by atoms with E-state index in [2.05, 4.69) is 4.72 Å². The minimum atomic E-state index is -3.95. The van der Waals surface area contributed by atoms with Crippen LogP contribution in [0.3, 0.4) is 0 Å². The average molecular weight is 290 g/mol. The second-order valence-electron chi connectivity index (χ2n) is 4.87. The maximum absolute atomic E-state index is 13.4. The van der Waals surface area contributed by atoms with Crippen molar-refractivity contribution < 1.29 is 17.2 Å². The van der Waals surface area contributed by atoms with Crippen molar-refractivity contribution >= 4 is 10.0 Å². The highest BCUT2D eigenvalue weighted by atomic mass is 32.2. The first kappa shape index (κ1) is 14.4. The molecule has 0 saturated heterocycles. The molecule has 2 atom stereocenters. The molecule has 4 nitrogen and oxygen atoms in total. The van der Waals surface area contributed by atoms with Crippen LogP contribution in [0.2, 0.25) is 0 Å². The molecule has 1 fully saturated rings. The van der Waals surface area contributed by atoms with Crippen molar-refractivity contribution in [2.24, 2.45) is 11.7 Å². The molecule has 0 heterocycles. The summed E-state index contributed by atoms with van der Waals surface area (Å²) in [7, 11) is -3.95. The van der Waals surface area contributed by atoms with E-state index in [1.54, 1.807) is 0 Å². The van der Waals surface area contributed by atoms with E-state index in [9.17, 15) is 17.2 Å². The lowest BCUT2D eigenvalue weighted by atomic mass is 10.1. The third-order valence-electron chi connectivity index (χ3n) is 3.33. The van der Waals surface area contributed by atoms with Crippen LogP contribution in [0.15, 0.2) is 23.1 Å². The summed E-state index contributed by atoms with van der Waals surface area (Å²) in [6.07, 6.45) is 2.49. The Bertz CT molecular complexity index is 563. The largest absolute Gasteiger partial charge is 0.328 e. The molecule has 1 aromatic rings. The highest BCUT2D eigenvalue weighted by molar-refractivity contribution is 7.89. The molecule has 2 unspecified atom stereocenters. The number of rotatable bonds is 4. The minimum Gasteiger partial charge on any atom is -0.328 e. The first-order valence-electron chi connectivity index (χ1n) is 6.09. The minimum absolute atomic E-state index is 0.108. The Kier molecular flexibility index (Phi) is 4.17. The van der Waals surface area contributed by atoms with Gasteiger partial charge in [-0.3, -0.25) is 0 Å². The summed E-state index contributed by atoms with van der Waals surface area (Å²) < 4.78 is 52.3. The van der Waals surface area contributed by atoms with Crippen LogP contribution >= 0.6 is 0 Å². The van der Waals surface area contributed by atoms with Gasteiger partial charge >= 0.3 is 0 Å². The van der Waals surface area contributed by atoms with E-state index < -0.39 is 26.6 Å². The summed E-state index contributed by atoms with van der Waals surface area (Å²) >= 11 is 0. The summed E-state index contributed by atoms with van der Waals surface area (Å²) in [5, 5.41) is 0. The quantitative estimate of drug-likeness (QED) is 0.879. The van der Waals surface area contributed by atoms with E-state index >= 15 is 0 Å². The standard InChI is InChI=1S/C12H16F2N2O2S/c13-9-2-4-12(11(14)6-9)19(17,18)16-7-8-1-3-10(15)5-8/h2,4,6,8,10,16H,1,3,5,7,15H2. The van der Waals surface area contributed by atoms with Crippen molar-refractivity contribution in [1.29, 1.82) is 0 Å². The van der Waals surface area contributed by atoms with Gasteiger partial charge in [-0.2, -0.15) is 0 Å². The van der Waals surface area contributed by atoms with Crippen molar-refractivity contribution in [2.45, 2.75) is 30.2 Å².